The first-order valence-electron chi connectivity index (χ1n) is 7.21. The highest BCUT2D eigenvalue weighted by Gasteiger charge is 2.45. The van der Waals surface area contributed by atoms with Gasteiger partial charge in [0, 0.05) is 23.6 Å². The lowest BCUT2D eigenvalue weighted by Gasteiger charge is -2.47. The van der Waals surface area contributed by atoms with Gasteiger partial charge in [-0.2, -0.15) is 0 Å². The second-order valence-electron chi connectivity index (χ2n) is 6.30. The molecule has 0 amide bonds. The molecule has 1 atom stereocenters. The van der Waals surface area contributed by atoms with E-state index in [0.29, 0.717) is 0 Å². The van der Waals surface area contributed by atoms with Crippen molar-refractivity contribution in [1.82, 2.24) is 0 Å². The van der Waals surface area contributed by atoms with Gasteiger partial charge in [0.15, 0.2) is 0 Å². The molecule has 1 unspecified atom stereocenters. The summed E-state index contributed by atoms with van der Waals surface area (Å²) in [5, 5.41) is 0. The maximum Gasteiger partial charge on any atom is 0.128 e. The Labute approximate surface area is 115 Å². The molecule has 2 N–H and O–H groups in total. The fraction of sp³-hybridized carbons (Fsp3) is 0.625. The van der Waals surface area contributed by atoms with Gasteiger partial charge in [-0.1, -0.05) is 6.42 Å². The lowest BCUT2D eigenvalue weighted by molar-refractivity contribution is -0.0148. The van der Waals surface area contributed by atoms with Crippen LogP contribution in [0.25, 0.3) is 0 Å². The zero-order valence-electron chi connectivity index (χ0n) is 11.9. The summed E-state index contributed by atoms with van der Waals surface area (Å²) in [6.07, 6.45) is 6.97. The van der Waals surface area contributed by atoms with E-state index in [1.807, 2.05) is 18.2 Å². The SMILES string of the molecule is COc1ccc2c(c1)OC1(CCCCC1)CC2(C)N. The predicted molar refractivity (Wildman–Crippen MR) is 75.6 cm³/mol. The summed E-state index contributed by atoms with van der Waals surface area (Å²) in [4.78, 5) is 0. The molecule has 3 nitrogen and oxygen atoms in total. The van der Waals surface area contributed by atoms with Crippen LogP contribution in [0.2, 0.25) is 0 Å². The van der Waals surface area contributed by atoms with Gasteiger partial charge in [0.05, 0.1) is 7.11 Å². The molecule has 3 heteroatoms. The molecular formula is C16H23NO2. The van der Waals surface area contributed by atoms with E-state index in [1.54, 1.807) is 7.11 Å². The van der Waals surface area contributed by atoms with Crippen LogP contribution < -0.4 is 15.2 Å². The summed E-state index contributed by atoms with van der Waals surface area (Å²) in [6, 6.07) is 5.99. The van der Waals surface area contributed by atoms with E-state index in [-0.39, 0.29) is 11.1 Å². The van der Waals surface area contributed by atoms with Gasteiger partial charge >= 0.3 is 0 Å². The number of ether oxygens (including phenoxy) is 2. The first-order valence-corrected chi connectivity index (χ1v) is 7.21. The van der Waals surface area contributed by atoms with Crippen molar-refractivity contribution in [2.45, 2.75) is 56.6 Å². The zero-order chi connectivity index (χ0) is 13.5. The second-order valence-corrected chi connectivity index (χ2v) is 6.30. The normalized spacial score (nSPS) is 28.6. The molecule has 1 aliphatic heterocycles. The van der Waals surface area contributed by atoms with Crippen LogP contribution in [-0.2, 0) is 5.54 Å². The van der Waals surface area contributed by atoms with Crippen molar-refractivity contribution in [2.75, 3.05) is 7.11 Å². The third-order valence-corrected chi connectivity index (χ3v) is 4.58. The Bertz CT molecular complexity index is 476. The second kappa shape index (κ2) is 4.41. The lowest BCUT2D eigenvalue weighted by atomic mass is 9.72. The number of benzene rings is 1. The summed E-state index contributed by atoms with van der Waals surface area (Å²) >= 11 is 0. The standard InChI is InChI=1S/C16H23NO2/c1-15(17)11-16(8-4-3-5-9-16)19-14-10-12(18-2)6-7-13(14)15/h6-7,10H,3-5,8-9,11,17H2,1-2H3. The highest BCUT2D eigenvalue weighted by Crippen LogP contribution is 2.48. The Hall–Kier alpha value is -1.22. The van der Waals surface area contributed by atoms with Crippen LogP contribution in [0.1, 0.15) is 51.0 Å². The quantitative estimate of drug-likeness (QED) is 0.843. The molecule has 3 rings (SSSR count). The smallest absolute Gasteiger partial charge is 0.128 e. The van der Waals surface area contributed by atoms with Gasteiger partial charge < -0.3 is 15.2 Å². The number of methoxy groups -OCH3 is 1. The topological polar surface area (TPSA) is 44.5 Å². The van der Waals surface area contributed by atoms with Crippen molar-refractivity contribution < 1.29 is 9.47 Å². The molecule has 1 saturated carbocycles. The minimum atomic E-state index is -0.308. The minimum Gasteiger partial charge on any atom is -0.497 e. The fourth-order valence-corrected chi connectivity index (χ4v) is 3.69. The number of hydrogen-bond acceptors (Lipinski definition) is 3. The van der Waals surface area contributed by atoms with Gasteiger partial charge in [0.25, 0.3) is 0 Å². The molecule has 1 spiro atoms. The Balaban J connectivity index is 2.01. The molecule has 1 fully saturated rings. The van der Waals surface area contributed by atoms with Crippen LogP contribution in [0.5, 0.6) is 11.5 Å². The third kappa shape index (κ3) is 2.20. The van der Waals surface area contributed by atoms with Crippen LogP contribution in [0.3, 0.4) is 0 Å². The molecule has 1 aliphatic carbocycles. The third-order valence-electron chi connectivity index (χ3n) is 4.58. The van der Waals surface area contributed by atoms with Crippen LogP contribution in [0, 0.1) is 0 Å². The summed E-state index contributed by atoms with van der Waals surface area (Å²) < 4.78 is 11.7. The molecule has 104 valence electrons. The highest BCUT2D eigenvalue weighted by molar-refractivity contribution is 5.46. The molecule has 0 radical (unpaired) electrons. The van der Waals surface area contributed by atoms with Crippen molar-refractivity contribution in [3.05, 3.63) is 23.8 Å². The summed E-state index contributed by atoms with van der Waals surface area (Å²) in [7, 11) is 1.68. The lowest BCUT2D eigenvalue weighted by Crippen LogP contribution is -2.51. The van der Waals surface area contributed by atoms with Gasteiger partial charge in [0.1, 0.15) is 17.1 Å². The van der Waals surface area contributed by atoms with E-state index in [2.05, 4.69) is 6.92 Å². The molecule has 1 aromatic rings. The van der Waals surface area contributed by atoms with Crippen molar-refractivity contribution in [1.29, 1.82) is 0 Å². The van der Waals surface area contributed by atoms with Crippen molar-refractivity contribution >= 4 is 0 Å². The van der Waals surface area contributed by atoms with Crippen LogP contribution >= 0.6 is 0 Å². The van der Waals surface area contributed by atoms with Gasteiger partial charge in [-0.05, 0) is 44.7 Å². The predicted octanol–water partition coefficient (Wildman–Crippen LogP) is 3.35. The maximum atomic E-state index is 6.57. The van der Waals surface area contributed by atoms with Crippen LogP contribution in [0.15, 0.2) is 18.2 Å². The average Bonchev–Trinajstić information content (AvgIpc) is 2.37. The van der Waals surface area contributed by atoms with Crippen molar-refractivity contribution in [3.8, 4) is 11.5 Å². The zero-order valence-corrected chi connectivity index (χ0v) is 11.9. The van der Waals surface area contributed by atoms with Gasteiger partial charge in [0.2, 0.25) is 0 Å². The Morgan fingerprint density at radius 1 is 1.21 bits per heavy atom. The highest BCUT2D eigenvalue weighted by atomic mass is 16.5. The summed E-state index contributed by atoms with van der Waals surface area (Å²) in [6.45, 7) is 2.12. The van der Waals surface area contributed by atoms with Gasteiger partial charge in [-0.3, -0.25) is 0 Å². The van der Waals surface area contributed by atoms with E-state index in [9.17, 15) is 0 Å². The Morgan fingerprint density at radius 2 is 1.95 bits per heavy atom. The van der Waals surface area contributed by atoms with E-state index in [1.165, 1.54) is 19.3 Å². The number of nitrogens with two attached hydrogens (primary N) is 1. The molecule has 19 heavy (non-hydrogen) atoms. The number of hydrogen-bond donors (Lipinski definition) is 1. The molecule has 1 heterocycles. The molecule has 2 aliphatic rings. The Kier molecular flexibility index (Phi) is 2.97. The van der Waals surface area contributed by atoms with Crippen LogP contribution in [-0.4, -0.2) is 12.7 Å². The van der Waals surface area contributed by atoms with Gasteiger partial charge in [-0.25, -0.2) is 0 Å². The monoisotopic (exact) mass is 261 g/mol. The fourth-order valence-electron chi connectivity index (χ4n) is 3.69. The summed E-state index contributed by atoms with van der Waals surface area (Å²) in [5.41, 5.74) is 7.30. The molecule has 1 aromatic carbocycles. The minimum absolute atomic E-state index is 0.0544. The van der Waals surface area contributed by atoms with E-state index in [4.69, 9.17) is 15.2 Å². The molecule has 0 saturated heterocycles. The van der Waals surface area contributed by atoms with E-state index < -0.39 is 0 Å². The van der Waals surface area contributed by atoms with Crippen molar-refractivity contribution in [3.63, 3.8) is 0 Å². The largest absolute Gasteiger partial charge is 0.497 e. The average molecular weight is 261 g/mol. The molecule has 0 bridgehead atoms. The number of rotatable bonds is 1. The van der Waals surface area contributed by atoms with E-state index >= 15 is 0 Å². The van der Waals surface area contributed by atoms with E-state index in [0.717, 1.165) is 36.3 Å². The first-order chi connectivity index (χ1) is 9.05. The maximum absolute atomic E-state index is 6.57. The van der Waals surface area contributed by atoms with Crippen LogP contribution in [0.4, 0.5) is 0 Å². The van der Waals surface area contributed by atoms with Crippen molar-refractivity contribution in [2.24, 2.45) is 5.73 Å². The van der Waals surface area contributed by atoms with Gasteiger partial charge in [-0.15, -0.1) is 0 Å². The number of fused-ring (bicyclic) bond motifs is 1. The Morgan fingerprint density at radius 3 is 2.63 bits per heavy atom. The first kappa shape index (κ1) is 12.8. The molecule has 0 aromatic heterocycles. The summed E-state index contributed by atoms with van der Waals surface area (Å²) in [5.74, 6) is 1.75. The molecular weight excluding hydrogens is 238 g/mol.